The molecular formula is C16H19NO3. The number of hydrogen-bond acceptors (Lipinski definition) is 4. The summed E-state index contributed by atoms with van der Waals surface area (Å²) in [6.45, 7) is 1.23. The SMILES string of the molecule is COC1(C(O)c2cncc3ccccc23)CCOCC1. The Kier molecular flexibility index (Phi) is 3.70. The first-order valence-electron chi connectivity index (χ1n) is 6.90. The van der Waals surface area contributed by atoms with E-state index in [4.69, 9.17) is 9.47 Å². The Morgan fingerprint density at radius 1 is 1.25 bits per heavy atom. The van der Waals surface area contributed by atoms with Gasteiger partial charge in [0.15, 0.2) is 0 Å². The van der Waals surface area contributed by atoms with Crippen molar-refractivity contribution in [2.24, 2.45) is 0 Å². The Morgan fingerprint density at radius 2 is 2.00 bits per heavy atom. The largest absolute Gasteiger partial charge is 0.385 e. The number of nitrogens with zero attached hydrogens (tertiary/aromatic N) is 1. The van der Waals surface area contributed by atoms with Gasteiger partial charge in [-0.15, -0.1) is 0 Å². The number of ether oxygens (including phenoxy) is 2. The Hall–Kier alpha value is -1.49. The highest BCUT2D eigenvalue weighted by molar-refractivity contribution is 5.85. The van der Waals surface area contributed by atoms with Gasteiger partial charge in [-0.25, -0.2) is 0 Å². The normalized spacial score (nSPS) is 19.9. The van der Waals surface area contributed by atoms with Gasteiger partial charge in [-0.05, 0) is 5.39 Å². The van der Waals surface area contributed by atoms with Gasteiger partial charge in [0.2, 0.25) is 0 Å². The molecule has 0 spiro atoms. The second-order valence-electron chi connectivity index (χ2n) is 5.23. The molecule has 1 aliphatic rings. The molecule has 4 nitrogen and oxygen atoms in total. The van der Waals surface area contributed by atoms with Crippen LogP contribution in [0.5, 0.6) is 0 Å². The quantitative estimate of drug-likeness (QED) is 0.933. The first-order valence-corrected chi connectivity index (χ1v) is 6.90. The van der Waals surface area contributed by atoms with Crippen molar-refractivity contribution in [1.29, 1.82) is 0 Å². The monoisotopic (exact) mass is 273 g/mol. The summed E-state index contributed by atoms with van der Waals surface area (Å²) in [7, 11) is 1.66. The highest BCUT2D eigenvalue weighted by Gasteiger charge is 2.41. The lowest BCUT2D eigenvalue weighted by Crippen LogP contribution is -2.43. The average Bonchev–Trinajstić information content (AvgIpc) is 2.54. The van der Waals surface area contributed by atoms with Gasteiger partial charge in [0.1, 0.15) is 11.7 Å². The van der Waals surface area contributed by atoms with E-state index in [0.29, 0.717) is 26.1 Å². The van der Waals surface area contributed by atoms with Crippen molar-refractivity contribution >= 4 is 10.8 Å². The highest BCUT2D eigenvalue weighted by Crippen LogP contribution is 2.39. The second-order valence-corrected chi connectivity index (χ2v) is 5.23. The lowest BCUT2D eigenvalue weighted by molar-refractivity contribution is -0.154. The molecule has 1 fully saturated rings. The topological polar surface area (TPSA) is 51.6 Å². The maximum atomic E-state index is 10.9. The van der Waals surface area contributed by atoms with E-state index in [9.17, 15) is 5.11 Å². The molecule has 1 aromatic heterocycles. The fourth-order valence-corrected chi connectivity index (χ4v) is 2.95. The van der Waals surface area contributed by atoms with Gasteiger partial charge in [0, 0.05) is 56.5 Å². The number of fused-ring (bicyclic) bond motifs is 1. The fourth-order valence-electron chi connectivity index (χ4n) is 2.95. The van der Waals surface area contributed by atoms with E-state index in [1.165, 1.54) is 0 Å². The van der Waals surface area contributed by atoms with E-state index in [-0.39, 0.29) is 0 Å². The number of methoxy groups -OCH3 is 1. The van der Waals surface area contributed by atoms with Gasteiger partial charge in [-0.2, -0.15) is 0 Å². The molecule has 0 radical (unpaired) electrons. The molecule has 2 aromatic rings. The van der Waals surface area contributed by atoms with E-state index < -0.39 is 11.7 Å². The van der Waals surface area contributed by atoms with Crippen LogP contribution in [-0.2, 0) is 9.47 Å². The molecule has 2 heterocycles. The number of aromatic nitrogens is 1. The zero-order valence-electron chi connectivity index (χ0n) is 11.6. The zero-order valence-corrected chi connectivity index (χ0v) is 11.6. The van der Waals surface area contributed by atoms with Gasteiger partial charge < -0.3 is 14.6 Å². The van der Waals surface area contributed by atoms with E-state index in [1.54, 1.807) is 13.3 Å². The molecule has 0 aliphatic carbocycles. The van der Waals surface area contributed by atoms with Gasteiger partial charge in [-0.1, -0.05) is 24.3 Å². The third-order valence-corrected chi connectivity index (χ3v) is 4.24. The Labute approximate surface area is 118 Å². The summed E-state index contributed by atoms with van der Waals surface area (Å²) in [6.07, 6.45) is 4.23. The number of benzene rings is 1. The standard InChI is InChI=1S/C16H19NO3/c1-19-16(6-8-20-9-7-16)15(18)14-11-17-10-12-4-2-3-5-13(12)14/h2-5,10-11,15,18H,6-9H2,1H3. The molecule has 1 atom stereocenters. The van der Waals surface area contributed by atoms with Crippen LogP contribution in [0.3, 0.4) is 0 Å². The van der Waals surface area contributed by atoms with Crippen molar-refractivity contribution in [1.82, 2.24) is 4.98 Å². The van der Waals surface area contributed by atoms with Gasteiger partial charge in [0.05, 0.1) is 0 Å². The van der Waals surface area contributed by atoms with Crippen LogP contribution in [0, 0.1) is 0 Å². The van der Waals surface area contributed by atoms with Crippen molar-refractivity contribution in [3.8, 4) is 0 Å². The summed E-state index contributed by atoms with van der Waals surface area (Å²) in [4.78, 5) is 4.25. The van der Waals surface area contributed by atoms with E-state index in [1.807, 2.05) is 30.5 Å². The van der Waals surface area contributed by atoms with E-state index in [0.717, 1.165) is 16.3 Å². The molecule has 1 unspecified atom stereocenters. The molecule has 4 heteroatoms. The molecular weight excluding hydrogens is 254 g/mol. The fraction of sp³-hybridized carbons (Fsp3) is 0.438. The Balaban J connectivity index is 2.05. The molecule has 1 aliphatic heterocycles. The molecule has 0 bridgehead atoms. The lowest BCUT2D eigenvalue weighted by atomic mass is 9.83. The van der Waals surface area contributed by atoms with Crippen LogP contribution in [0.2, 0.25) is 0 Å². The van der Waals surface area contributed by atoms with E-state index >= 15 is 0 Å². The lowest BCUT2D eigenvalue weighted by Gasteiger charge is -2.40. The molecule has 1 saturated heterocycles. The maximum absolute atomic E-state index is 10.9. The summed E-state index contributed by atoms with van der Waals surface area (Å²) in [6, 6.07) is 7.96. The van der Waals surface area contributed by atoms with Crippen molar-refractivity contribution in [2.45, 2.75) is 24.5 Å². The smallest absolute Gasteiger partial charge is 0.110 e. The molecule has 0 amide bonds. The summed E-state index contributed by atoms with van der Waals surface area (Å²) >= 11 is 0. The molecule has 1 aromatic carbocycles. The summed E-state index contributed by atoms with van der Waals surface area (Å²) in [5, 5.41) is 12.9. The number of aliphatic hydroxyl groups excluding tert-OH is 1. The number of aliphatic hydroxyl groups is 1. The first-order chi connectivity index (χ1) is 9.77. The van der Waals surface area contributed by atoms with Crippen molar-refractivity contribution in [2.75, 3.05) is 20.3 Å². The van der Waals surface area contributed by atoms with Crippen LogP contribution < -0.4 is 0 Å². The summed E-state index contributed by atoms with van der Waals surface area (Å²) in [5.41, 5.74) is 0.246. The minimum atomic E-state index is -0.699. The van der Waals surface area contributed by atoms with Gasteiger partial charge >= 0.3 is 0 Å². The predicted molar refractivity (Wildman–Crippen MR) is 76.5 cm³/mol. The predicted octanol–water partition coefficient (Wildman–Crippen LogP) is 2.46. The van der Waals surface area contributed by atoms with Crippen LogP contribution in [0.15, 0.2) is 36.7 Å². The average molecular weight is 273 g/mol. The van der Waals surface area contributed by atoms with Crippen LogP contribution in [-0.4, -0.2) is 36.0 Å². The minimum absolute atomic E-state index is 0.579. The van der Waals surface area contributed by atoms with Crippen LogP contribution >= 0.6 is 0 Å². The van der Waals surface area contributed by atoms with Crippen molar-refractivity contribution < 1.29 is 14.6 Å². The van der Waals surface area contributed by atoms with Gasteiger partial charge in [-0.3, -0.25) is 4.98 Å². The summed E-state index contributed by atoms with van der Waals surface area (Å²) in [5.74, 6) is 0. The van der Waals surface area contributed by atoms with Crippen LogP contribution in [0.25, 0.3) is 10.8 Å². The molecule has 20 heavy (non-hydrogen) atoms. The van der Waals surface area contributed by atoms with Crippen LogP contribution in [0.1, 0.15) is 24.5 Å². The first kappa shape index (κ1) is 13.5. The molecule has 0 saturated carbocycles. The Bertz CT molecular complexity index is 588. The number of pyridine rings is 1. The van der Waals surface area contributed by atoms with Crippen LogP contribution in [0.4, 0.5) is 0 Å². The van der Waals surface area contributed by atoms with E-state index in [2.05, 4.69) is 4.98 Å². The third kappa shape index (κ3) is 2.20. The minimum Gasteiger partial charge on any atom is -0.385 e. The number of rotatable bonds is 3. The van der Waals surface area contributed by atoms with Gasteiger partial charge in [0.25, 0.3) is 0 Å². The maximum Gasteiger partial charge on any atom is 0.110 e. The number of hydrogen-bond donors (Lipinski definition) is 1. The highest BCUT2D eigenvalue weighted by atomic mass is 16.5. The molecule has 1 N–H and O–H groups in total. The zero-order chi connectivity index (χ0) is 14.0. The summed E-state index contributed by atoms with van der Waals surface area (Å²) < 4.78 is 11.1. The Morgan fingerprint density at radius 3 is 2.75 bits per heavy atom. The third-order valence-electron chi connectivity index (χ3n) is 4.24. The second kappa shape index (κ2) is 5.48. The van der Waals surface area contributed by atoms with Crippen molar-refractivity contribution in [3.05, 3.63) is 42.2 Å². The van der Waals surface area contributed by atoms with Crippen molar-refractivity contribution in [3.63, 3.8) is 0 Å². The molecule has 106 valence electrons. The molecule has 3 rings (SSSR count).